The maximum Gasteiger partial charge on any atom is 0.161 e. The van der Waals surface area contributed by atoms with Gasteiger partial charge in [-0.05, 0) is 31.9 Å². The predicted molar refractivity (Wildman–Crippen MR) is 66.3 cm³/mol. The van der Waals surface area contributed by atoms with Gasteiger partial charge in [-0.15, -0.1) is 0 Å². The Bertz CT molecular complexity index is 433. The number of nitrogens with one attached hydrogen (secondary N) is 1. The first-order valence-electron chi connectivity index (χ1n) is 6.63. The summed E-state index contributed by atoms with van der Waals surface area (Å²) in [6.45, 7) is 3.28. The quantitative estimate of drug-likeness (QED) is 0.831. The summed E-state index contributed by atoms with van der Waals surface area (Å²) in [5.74, 6) is -2.93. The molecular weight excluding hydrogens is 255 g/mol. The molecule has 1 saturated heterocycles. The summed E-state index contributed by atoms with van der Waals surface area (Å²) in [5, 5.41) is 3.16. The summed E-state index contributed by atoms with van der Waals surface area (Å²) in [4.78, 5) is 0. The Kier molecular flexibility index (Phi) is 4.82. The number of halogens is 3. The van der Waals surface area contributed by atoms with Crippen molar-refractivity contribution >= 4 is 0 Å². The van der Waals surface area contributed by atoms with Crippen molar-refractivity contribution in [3.63, 3.8) is 0 Å². The molecule has 2 unspecified atom stereocenters. The third-order valence-corrected chi connectivity index (χ3v) is 3.33. The van der Waals surface area contributed by atoms with E-state index in [-0.39, 0.29) is 11.7 Å². The van der Waals surface area contributed by atoms with Crippen LogP contribution in [0, 0.1) is 17.5 Å². The van der Waals surface area contributed by atoms with Crippen LogP contribution in [0.25, 0.3) is 0 Å². The fourth-order valence-electron chi connectivity index (χ4n) is 2.38. The van der Waals surface area contributed by atoms with Crippen LogP contribution >= 0.6 is 0 Å². The van der Waals surface area contributed by atoms with Gasteiger partial charge < -0.3 is 10.1 Å². The lowest BCUT2D eigenvalue weighted by Gasteiger charge is -2.25. The Morgan fingerprint density at radius 1 is 1.26 bits per heavy atom. The molecule has 1 N–H and O–H groups in total. The summed E-state index contributed by atoms with van der Waals surface area (Å²) in [5.41, 5.74) is 0.138. The van der Waals surface area contributed by atoms with E-state index in [0.29, 0.717) is 19.2 Å². The third-order valence-electron chi connectivity index (χ3n) is 3.33. The van der Waals surface area contributed by atoms with Gasteiger partial charge in [0.05, 0.1) is 12.1 Å². The van der Waals surface area contributed by atoms with Crippen molar-refractivity contribution in [3.8, 4) is 0 Å². The standard InChI is InChI=1S/C14H18F3NO/c1-2-5-18-14(13-4-3-6-19-13)9-7-11(16)12(17)8-10(9)15/h7-8,13-14,18H,2-6H2,1H3. The number of ether oxygens (including phenoxy) is 1. The monoisotopic (exact) mass is 273 g/mol. The highest BCUT2D eigenvalue weighted by molar-refractivity contribution is 5.24. The van der Waals surface area contributed by atoms with E-state index in [1.165, 1.54) is 0 Å². The molecule has 1 aromatic carbocycles. The van der Waals surface area contributed by atoms with E-state index in [9.17, 15) is 13.2 Å². The van der Waals surface area contributed by atoms with Gasteiger partial charge in [-0.1, -0.05) is 6.92 Å². The number of hydrogen-bond donors (Lipinski definition) is 1. The fraction of sp³-hybridized carbons (Fsp3) is 0.571. The summed E-state index contributed by atoms with van der Waals surface area (Å²) >= 11 is 0. The van der Waals surface area contributed by atoms with Gasteiger partial charge in [0, 0.05) is 18.2 Å². The minimum Gasteiger partial charge on any atom is -0.376 e. The topological polar surface area (TPSA) is 21.3 Å². The molecule has 2 atom stereocenters. The number of benzene rings is 1. The van der Waals surface area contributed by atoms with Crippen molar-refractivity contribution in [3.05, 3.63) is 35.1 Å². The van der Waals surface area contributed by atoms with Crippen molar-refractivity contribution in [2.24, 2.45) is 0 Å². The average Bonchev–Trinajstić information content (AvgIpc) is 2.89. The van der Waals surface area contributed by atoms with Crippen molar-refractivity contribution < 1.29 is 17.9 Å². The molecule has 106 valence electrons. The van der Waals surface area contributed by atoms with Gasteiger partial charge in [0.15, 0.2) is 11.6 Å². The molecule has 19 heavy (non-hydrogen) atoms. The highest BCUT2D eigenvalue weighted by Crippen LogP contribution is 2.29. The molecule has 1 aromatic rings. The Morgan fingerprint density at radius 2 is 2.00 bits per heavy atom. The molecule has 5 heteroatoms. The normalized spacial score (nSPS) is 20.7. The first-order valence-corrected chi connectivity index (χ1v) is 6.63. The zero-order valence-electron chi connectivity index (χ0n) is 10.9. The highest BCUT2D eigenvalue weighted by Gasteiger charge is 2.29. The Morgan fingerprint density at radius 3 is 2.63 bits per heavy atom. The van der Waals surface area contributed by atoms with Gasteiger partial charge in [0.1, 0.15) is 5.82 Å². The minimum atomic E-state index is -1.16. The first-order chi connectivity index (χ1) is 9.13. The highest BCUT2D eigenvalue weighted by atomic mass is 19.2. The zero-order valence-corrected chi connectivity index (χ0v) is 10.9. The van der Waals surface area contributed by atoms with Crippen LogP contribution in [-0.2, 0) is 4.74 Å². The minimum absolute atomic E-state index is 0.138. The molecule has 1 aliphatic rings. The second kappa shape index (κ2) is 6.39. The molecular formula is C14H18F3NO. The van der Waals surface area contributed by atoms with Crippen molar-refractivity contribution in [2.45, 2.75) is 38.3 Å². The largest absolute Gasteiger partial charge is 0.376 e. The van der Waals surface area contributed by atoms with Gasteiger partial charge in [-0.25, -0.2) is 13.2 Å². The van der Waals surface area contributed by atoms with Gasteiger partial charge in [0.2, 0.25) is 0 Å². The van der Waals surface area contributed by atoms with E-state index in [1.807, 2.05) is 6.92 Å². The van der Waals surface area contributed by atoms with Gasteiger partial charge in [0.25, 0.3) is 0 Å². The van der Waals surface area contributed by atoms with Crippen molar-refractivity contribution in [1.29, 1.82) is 0 Å². The van der Waals surface area contributed by atoms with Gasteiger partial charge >= 0.3 is 0 Å². The first kappa shape index (κ1) is 14.3. The van der Waals surface area contributed by atoms with Crippen LogP contribution in [0.5, 0.6) is 0 Å². The fourth-order valence-corrected chi connectivity index (χ4v) is 2.38. The Labute approximate surface area is 111 Å². The molecule has 0 saturated carbocycles. The van der Waals surface area contributed by atoms with E-state index >= 15 is 0 Å². The lowest BCUT2D eigenvalue weighted by Crippen LogP contribution is -2.33. The van der Waals surface area contributed by atoms with Crippen molar-refractivity contribution in [1.82, 2.24) is 5.32 Å². The molecule has 0 spiro atoms. The maximum atomic E-state index is 13.9. The molecule has 2 rings (SSSR count). The predicted octanol–water partition coefficient (Wildman–Crippen LogP) is 3.32. The number of hydrogen-bond acceptors (Lipinski definition) is 2. The second-order valence-corrected chi connectivity index (χ2v) is 4.77. The van der Waals surface area contributed by atoms with Crippen molar-refractivity contribution in [2.75, 3.05) is 13.2 Å². The van der Waals surface area contributed by atoms with E-state index in [0.717, 1.165) is 25.3 Å². The zero-order chi connectivity index (χ0) is 13.8. The van der Waals surface area contributed by atoms with Crippen LogP contribution in [0.4, 0.5) is 13.2 Å². The van der Waals surface area contributed by atoms with E-state index < -0.39 is 23.5 Å². The summed E-state index contributed by atoms with van der Waals surface area (Å²) < 4.78 is 45.7. The molecule has 0 radical (unpaired) electrons. The average molecular weight is 273 g/mol. The van der Waals surface area contributed by atoms with Crippen LogP contribution in [-0.4, -0.2) is 19.3 Å². The summed E-state index contributed by atoms with van der Waals surface area (Å²) in [6.07, 6.45) is 2.38. The molecule has 1 fully saturated rings. The molecule has 2 nitrogen and oxygen atoms in total. The van der Waals surface area contributed by atoms with Gasteiger partial charge in [-0.3, -0.25) is 0 Å². The number of rotatable bonds is 5. The van der Waals surface area contributed by atoms with Crippen LogP contribution in [0.2, 0.25) is 0 Å². The van der Waals surface area contributed by atoms with E-state index in [4.69, 9.17) is 4.74 Å². The van der Waals surface area contributed by atoms with Crippen LogP contribution in [0.15, 0.2) is 12.1 Å². The molecule has 0 bridgehead atoms. The Hall–Kier alpha value is -1.07. The Balaban J connectivity index is 2.28. The van der Waals surface area contributed by atoms with Crippen LogP contribution in [0.3, 0.4) is 0 Å². The smallest absolute Gasteiger partial charge is 0.161 e. The molecule has 0 aliphatic carbocycles. The summed E-state index contributed by atoms with van der Waals surface area (Å²) in [7, 11) is 0. The molecule has 1 aliphatic heterocycles. The van der Waals surface area contributed by atoms with Crippen LogP contribution in [0.1, 0.15) is 37.8 Å². The SMILES string of the molecule is CCCNC(c1cc(F)c(F)cc1F)C1CCCO1. The lowest BCUT2D eigenvalue weighted by molar-refractivity contribution is 0.0770. The summed E-state index contributed by atoms with van der Waals surface area (Å²) in [6, 6.07) is 1.09. The molecule has 1 heterocycles. The van der Waals surface area contributed by atoms with E-state index in [1.54, 1.807) is 0 Å². The van der Waals surface area contributed by atoms with E-state index in [2.05, 4.69) is 5.32 Å². The maximum absolute atomic E-state index is 13.9. The molecule has 0 aromatic heterocycles. The lowest BCUT2D eigenvalue weighted by atomic mass is 9.98. The molecule has 0 amide bonds. The van der Waals surface area contributed by atoms with Crippen LogP contribution < -0.4 is 5.32 Å². The second-order valence-electron chi connectivity index (χ2n) is 4.77. The third kappa shape index (κ3) is 3.28. The van der Waals surface area contributed by atoms with Gasteiger partial charge in [-0.2, -0.15) is 0 Å².